The summed E-state index contributed by atoms with van der Waals surface area (Å²) in [6, 6.07) is 15.0. The highest BCUT2D eigenvalue weighted by molar-refractivity contribution is 6.30. The molecule has 0 aliphatic heterocycles. The monoisotopic (exact) mass is 422 g/mol. The third-order valence-corrected chi connectivity index (χ3v) is 5.01. The maximum atomic E-state index is 12.7. The van der Waals surface area contributed by atoms with Gasteiger partial charge >= 0.3 is 0 Å². The minimum Gasteiger partial charge on any atom is -0.352 e. The van der Waals surface area contributed by atoms with E-state index in [2.05, 4.69) is 15.5 Å². The summed E-state index contributed by atoms with van der Waals surface area (Å²) in [5, 5.41) is 7.49. The number of carbonyl (C=O) groups excluding carboxylic acids is 1. The largest absolute Gasteiger partial charge is 0.352 e. The number of aryl methyl sites for hydroxylation is 2. The zero-order chi connectivity index (χ0) is 21.1. The summed E-state index contributed by atoms with van der Waals surface area (Å²) in [4.78, 5) is 29.2. The van der Waals surface area contributed by atoms with Crippen molar-refractivity contribution in [1.29, 1.82) is 0 Å². The molecule has 0 saturated heterocycles. The Bertz CT molecular complexity index is 1240. The van der Waals surface area contributed by atoms with Crippen molar-refractivity contribution in [3.8, 4) is 11.3 Å². The van der Waals surface area contributed by atoms with Gasteiger partial charge in [0.25, 0.3) is 11.1 Å². The fourth-order valence-corrected chi connectivity index (χ4v) is 3.16. The van der Waals surface area contributed by atoms with Gasteiger partial charge in [-0.1, -0.05) is 58.7 Å². The number of hydrogen-bond acceptors (Lipinski definition) is 5. The molecule has 1 amide bonds. The normalized spacial score (nSPS) is 11.0. The van der Waals surface area contributed by atoms with Gasteiger partial charge in [0.05, 0.1) is 6.33 Å². The minimum absolute atomic E-state index is 0.0784. The molecule has 0 aliphatic rings. The van der Waals surface area contributed by atoms with Gasteiger partial charge < -0.3 is 9.84 Å². The van der Waals surface area contributed by atoms with Crippen LogP contribution in [0.1, 0.15) is 17.5 Å². The van der Waals surface area contributed by atoms with Crippen LogP contribution in [0.3, 0.4) is 0 Å². The molecule has 7 nitrogen and oxygen atoms in total. The average Bonchev–Trinajstić information content (AvgIpc) is 3.18. The molecule has 1 N–H and O–H groups in total. The predicted molar refractivity (Wildman–Crippen MR) is 114 cm³/mol. The first-order valence-electron chi connectivity index (χ1n) is 9.44. The van der Waals surface area contributed by atoms with E-state index in [1.54, 1.807) is 12.1 Å². The van der Waals surface area contributed by atoms with Crippen LogP contribution < -0.4 is 10.9 Å². The maximum absolute atomic E-state index is 12.7. The van der Waals surface area contributed by atoms with Crippen LogP contribution in [0, 0.1) is 6.92 Å². The molecule has 0 aliphatic carbocycles. The van der Waals surface area contributed by atoms with Gasteiger partial charge in [-0.2, -0.15) is 0 Å². The zero-order valence-electron chi connectivity index (χ0n) is 16.3. The Balaban J connectivity index is 1.44. The molecule has 4 rings (SSSR count). The second-order valence-corrected chi connectivity index (χ2v) is 7.41. The van der Waals surface area contributed by atoms with Gasteiger partial charge in [0, 0.05) is 30.1 Å². The number of nitrogens with one attached hydrogen (secondary N) is 1. The quantitative estimate of drug-likeness (QED) is 0.511. The number of nitrogens with zero attached hydrogens (tertiary/aromatic N) is 3. The average molecular weight is 423 g/mol. The number of amides is 1. The van der Waals surface area contributed by atoms with Crippen molar-refractivity contribution in [2.24, 2.45) is 0 Å². The summed E-state index contributed by atoms with van der Waals surface area (Å²) >= 11 is 5.85. The van der Waals surface area contributed by atoms with Crippen LogP contribution in [-0.2, 0) is 17.9 Å². The van der Waals surface area contributed by atoms with E-state index in [9.17, 15) is 9.59 Å². The predicted octanol–water partition coefficient (Wildman–Crippen LogP) is 3.72. The fraction of sp³-hybridized carbons (Fsp3) is 0.182. The second-order valence-electron chi connectivity index (χ2n) is 6.97. The second kappa shape index (κ2) is 8.51. The van der Waals surface area contributed by atoms with E-state index in [-0.39, 0.29) is 30.0 Å². The van der Waals surface area contributed by atoms with Crippen molar-refractivity contribution < 1.29 is 9.32 Å². The fourth-order valence-electron chi connectivity index (χ4n) is 3.03. The van der Waals surface area contributed by atoms with Crippen LogP contribution in [0.15, 0.2) is 64.2 Å². The lowest BCUT2D eigenvalue weighted by atomic mass is 10.1. The lowest BCUT2D eigenvalue weighted by molar-refractivity contribution is -0.121. The highest BCUT2D eigenvalue weighted by atomic mass is 35.5. The molecule has 4 aromatic rings. The topological polar surface area (TPSA) is 90.0 Å². The van der Waals surface area contributed by atoms with Crippen molar-refractivity contribution in [2.45, 2.75) is 26.4 Å². The van der Waals surface area contributed by atoms with Gasteiger partial charge in [-0.05, 0) is 24.6 Å². The first kappa shape index (κ1) is 19.8. The molecule has 0 saturated carbocycles. The van der Waals surface area contributed by atoms with Gasteiger partial charge in [0.2, 0.25) is 5.91 Å². The highest BCUT2D eigenvalue weighted by Gasteiger charge is 2.16. The van der Waals surface area contributed by atoms with Crippen LogP contribution in [0.5, 0.6) is 0 Å². The van der Waals surface area contributed by atoms with Crippen molar-refractivity contribution in [1.82, 2.24) is 20.0 Å². The van der Waals surface area contributed by atoms with Crippen molar-refractivity contribution in [3.05, 3.63) is 81.4 Å². The number of carbonyl (C=O) groups is 1. The molecule has 30 heavy (non-hydrogen) atoms. The SMILES string of the molecule is Cc1ccc(-c2noc3c(=O)n(CCC(=O)NCc4ccc(Cl)cc4)cnc23)cc1. The third-order valence-electron chi connectivity index (χ3n) is 4.76. The van der Waals surface area contributed by atoms with E-state index < -0.39 is 0 Å². The summed E-state index contributed by atoms with van der Waals surface area (Å²) in [6.45, 7) is 2.58. The highest BCUT2D eigenvalue weighted by Crippen LogP contribution is 2.24. The van der Waals surface area contributed by atoms with E-state index in [1.807, 2.05) is 43.3 Å². The molecule has 2 aromatic heterocycles. The lowest BCUT2D eigenvalue weighted by Crippen LogP contribution is -2.27. The lowest BCUT2D eigenvalue weighted by Gasteiger charge is -2.07. The van der Waals surface area contributed by atoms with E-state index in [4.69, 9.17) is 16.1 Å². The zero-order valence-corrected chi connectivity index (χ0v) is 17.0. The molecule has 0 fully saturated rings. The summed E-state index contributed by atoms with van der Waals surface area (Å²) < 4.78 is 6.63. The molecule has 0 radical (unpaired) electrons. The van der Waals surface area contributed by atoms with Crippen molar-refractivity contribution >= 4 is 28.6 Å². The Morgan fingerprint density at radius 3 is 2.60 bits per heavy atom. The van der Waals surface area contributed by atoms with E-state index in [0.29, 0.717) is 22.8 Å². The van der Waals surface area contributed by atoms with Crippen LogP contribution in [0.4, 0.5) is 0 Å². The summed E-state index contributed by atoms with van der Waals surface area (Å²) in [5.41, 5.74) is 3.54. The smallest absolute Gasteiger partial charge is 0.299 e. The molecule has 0 unspecified atom stereocenters. The number of benzene rings is 2. The summed E-state index contributed by atoms with van der Waals surface area (Å²) in [7, 11) is 0. The van der Waals surface area contributed by atoms with Crippen LogP contribution in [-0.4, -0.2) is 20.6 Å². The molecule has 152 valence electrons. The van der Waals surface area contributed by atoms with Gasteiger partial charge in [-0.25, -0.2) is 4.98 Å². The molecule has 8 heteroatoms. The number of fused-ring (bicyclic) bond motifs is 1. The van der Waals surface area contributed by atoms with Crippen LogP contribution in [0.2, 0.25) is 5.02 Å². The molecule has 2 heterocycles. The van der Waals surface area contributed by atoms with Crippen LogP contribution in [0.25, 0.3) is 22.4 Å². The summed E-state index contributed by atoms with van der Waals surface area (Å²) in [5.74, 6) is -0.171. The van der Waals surface area contributed by atoms with E-state index in [0.717, 1.165) is 16.7 Å². The van der Waals surface area contributed by atoms with Gasteiger partial charge in [-0.15, -0.1) is 0 Å². The van der Waals surface area contributed by atoms with E-state index in [1.165, 1.54) is 10.9 Å². The molecule has 0 atom stereocenters. The van der Waals surface area contributed by atoms with Crippen LogP contribution >= 0.6 is 11.6 Å². The first-order valence-corrected chi connectivity index (χ1v) is 9.82. The van der Waals surface area contributed by atoms with Crippen molar-refractivity contribution in [2.75, 3.05) is 0 Å². The number of hydrogen-bond donors (Lipinski definition) is 1. The Morgan fingerprint density at radius 1 is 1.13 bits per heavy atom. The Kier molecular flexibility index (Phi) is 5.63. The number of aromatic nitrogens is 3. The standard InChI is InChI=1S/C22H19ClN4O3/c1-14-2-6-16(7-3-14)19-20-21(30-26-19)22(29)27(13-25-20)11-10-18(28)24-12-15-4-8-17(23)9-5-15/h2-9,13H,10-12H2,1H3,(H,24,28). The first-order chi connectivity index (χ1) is 14.5. The Hall–Kier alpha value is -3.45. The van der Waals surface area contributed by atoms with E-state index >= 15 is 0 Å². The number of rotatable bonds is 6. The van der Waals surface area contributed by atoms with Crippen molar-refractivity contribution in [3.63, 3.8) is 0 Å². The van der Waals surface area contributed by atoms with Gasteiger partial charge in [0.15, 0.2) is 0 Å². The van der Waals surface area contributed by atoms with Gasteiger partial charge in [-0.3, -0.25) is 14.2 Å². The molecule has 0 bridgehead atoms. The number of halogens is 1. The molecular formula is C22H19ClN4O3. The van der Waals surface area contributed by atoms with Gasteiger partial charge in [0.1, 0.15) is 11.2 Å². The Morgan fingerprint density at radius 2 is 1.87 bits per heavy atom. The molecule has 0 spiro atoms. The third kappa shape index (κ3) is 4.26. The Labute approximate surface area is 177 Å². The summed E-state index contributed by atoms with van der Waals surface area (Å²) in [6.07, 6.45) is 1.56. The maximum Gasteiger partial charge on any atom is 0.299 e. The molecular weight excluding hydrogens is 404 g/mol. The molecule has 2 aromatic carbocycles. The minimum atomic E-state index is -0.364.